The van der Waals surface area contributed by atoms with E-state index in [-0.39, 0.29) is 11.6 Å². The number of nitrogens with one attached hydrogen (secondary N) is 1. The Morgan fingerprint density at radius 2 is 1.86 bits per heavy atom. The van der Waals surface area contributed by atoms with Gasteiger partial charge in [0.15, 0.2) is 0 Å². The van der Waals surface area contributed by atoms with Crippen molar-refractivity contribution in [3.63, 3.8) is 0 Å². The van der Waals surface area contributed by atoms with Gasteiger partial charge in [0, 0.05) is 11.3 Å². The maximum atomic E-state index is 12.4. The fourth-order valence-electron chi connectivity index (χ4n) is 2.82. The molecule has 7 heteroatoms. The molecule has 0 fully saturated rings. The topological polar surface area (TPSA) is 90.1 Å². The Hall–Kier alpha value is -3.48. The van der Waals surface area contributed by atoms with E-state index in [2.05, 4.69) is 24.3 Å². The molecule has 0 saturated heterocycles. The summed E-state index contributed by atoms with van der Waals surface area (Å²) in [5.74, 6) is 0.311. The number of hydrogen-bond acceptors (Lipinski definition) is 4. The van der Waals surface area contributed by atoms with Crippen LogP contribution < -0.4 is 5.32 Å². The molecular formula is C21H22N4O3. The van der Waals surface area contributed by atoms with Crippen LogP contribution in [-0.2, 0) is 6.54 Å². The molecule has 2 aromatic carbocycles. The lowest BCUT2D eigenvalue weighted by molar-refractivity contribution is -0.385. The predicted molar refractivity (Wildman–Crippen MR) is 108 cm³/mol. The first kappa shape index (κ1) is 19.3. The second kappa shape index (κ2) is 8.47. The molecule has 0 aliphatic heterocycles. The van der Waals surface area contributed by atoms with Gasteiger partial charge in [0.1, 0.15) is 12.4 Å². The molecule has 1 atom stereocenters. The quantitative estimate of drug-likeness (QED) is 0.480. The molecule has 0 saturated carbocycles. The summed E-state index contributed by atoms with van der Waals surface area (Å²) in [6.07, 6.45) is 3.67. The van der Waals surface area contributed by atoms with Gasteiger partial charge in [0.2, 0.25) is 0 Å². The zero-order valence-corrected chi connectivity index (χ0v) is 15.8. The number of aromatic nitrogens is 2. The van der Waals surface area contributed by atoms with E-state index in [0.717, 1.165) is 17.7 Å². The number of nitro groups is 1. The molecule has 3 aromatic rings. The van der Waals surface area contributed by atoms with Crippen molar-refractivity contribution in [3.8, 4) is 0 Å². The average molecular weight is 378 g/mol. The Morgan fingerprint density at radius 1 is 1.18 bits per heavy atom. The molecule has 7 nitrogen and oxygen atoms in total. The van der Waals surface area contributed by atoms with Gasteiger partial charge in [0.25, 0.3) is 5.91 Å². The van der Waals surface area contributed by atoms with Crippen molar-refractivity contribution in [3.05, 3.63) is 87.7 Å². The molecule has 0 spiro atoms. The van der Waals surface area contributed by atoms with Gasteiger partial charge in [-0.05, 0) is 47.7 Å². The number of anilines is 1. The molecule has 1 heterocycles. The second-order valence-corrected chi connectivity index (χ2v) is 6.74. The third-order valence-electron chi connectivity index (χ3n) is 4.74. The molecule has 1 unspecified atom stereocenters. The Balaban J connectivity index is 1.62. The molecule has 3 rings (SSSR count). The van der Waals surface area contributed by atoms with Crippen LogP contribution in [0.2, 0.25) is 0 Å². The van der Waals surface area contributed by atoms with Gasteiger partial charge in [-0.15, -0.1) is 0 Å². The largest absolute Gasteiger partial charge is 0.322 e. The molecule has 1 N–H and O–H groups in total. The summed E-state index contributed by atoms with van der Waals surface area (Å²) in [5, 5.41) is 17.6. The predicted octanol–water partition coefficient (Wildman–Crippen LogP) is 4.61. The van der Waals surface area contributed by atoms with Crippen molar-refractivity contribution in [1.82, 2.24) is 9.78 Å². The molecule has 0 radical (unpaired) electrons. The van der Waals surface area contributed by atoms with Crippen molar-refractivity contribution >= 4 is 17.3 Å². The highest BCUT2D eigenvalue weighted by atomic mass is 16.6. The number of rotatable bonds is 7. The van der Waals surface area contributed by atoms with Crippen molar-refractivity contribution < 1.29 is 9.72 Å². The van der Waals surface area contributed by atoms with E-state index in [4.69, 9.17) is 0 Å². The summed E-state index contributed by atoms with van der Waals surface area (Å²) >= 11 is 0. The summed E-state index contributed by atoms with van der Waals surface area (Å²) in [7, 11) is 0. The van der Waals surface area contributed by atoms with E-state index < -0.39 is 4.92 Å². The molecule has 1 amide bonds. The summed E-state index contributed by atoms with van der Waals surface area (Å²) in [6.45, 7) is 4.72. The first-order valence-electron chi connectivity index (χ1n) is 9.13. The fraction of sp³-hybridized carbons (Fsp3) is 0.238. The van der Waals surface area contributed by atoms with Crippen LogP contribution in [0.5, 0.6) is 0 Å². The van der Waals surface area contributed by atoms with Crippen LogP contribution in [-0.4, -0.2) is 20.6 Å². The number of nitrogens with zero attached hydrogens (tertiary/aromatic N) is 3. The highest BCUT2D eigenvalue weighted by Gasteiger charge is 2.10. The van der Waals surface area contributed by atoms with E-state index in [9.17, 15) is 14.9 Å². The Kier molecular flexibility index (Phi) is 5.84. The monoisotopic (exact) mass is 378 g/mol. The van der Waals surface area contributed by atoms with Crippen molar-refractivity contribution in [2.24, 2.45) is 0 Å². The van der Waals surface area contributed by atoms with Gasteiger partial charge in [-0.3, -0.25) is 19.6 Å². The standard InChI is InChI=1S/C21H22N4O3/c1-3-15(2)17-8-10-19(11-9-17)23-21(26)18-6-4-16(5-7-18)13-24-14-20(12-22-24)25(27)28/h4-12,14-15H,3,13H2,1-2H3,(H,23,26). The van der Waals surface area contributed by atoms with Crippen LogP contribution in [0.4, 0.5) is 11.4 Å². The van der Waals surface area contributed by atoms with Crippen molar-refractivity contribution in [2.45, 2.75) is 32.7 Å². The van der Waals surface area contributed by atoms with Gasteiger partial charge in [0.05, 0.1) is 11.5 Å². The minimum Gasteiger partial charge on any atom is -0.322 e. The second-order valence-electron chi connectivity index (χ2n) is 6.74. The van der Waals surface area contributed by atoms with Crippen LogP contribution in [0.1, 0.15) is 47.7 Å². The third-order valence-corrected chi connectivity index (χ3v) is 4.74. The lowest BCUT2D eigenvalue weighted by atomic mass is 9.98. The Bertz CT molecular complexity index is 962. The van der Waals surface area contributed by atoms with Crippen molar-refractivity contribution in [2.75, 3.05) is 5.32 Å². The highest BCUT2D eigenvalue weighted by Crippen LogP contribution is 2.21. The number of carbonyl (C=O) groups is 1. The zero-order chi connectivity index (χ0) is 20.1. The van der Waals surface area contributed by atoms with Gasteiger partial charge in [-0.25, -0.2) is 0 Å². The molecular weight excluding hydrogens is 356 g/mol. The lowest BCUT2D eigenvalue weighted by Crippen LogP contribution is -2.12. The van der Waals surface area contributed by atoms with Gasteiger partial charge < -0.3 is 5.32 Å². The molecule has 0 aliphatic carbocycles. The van der Waals surface area contributed by atoms with Crippen LogP contribution in [0.15, 0.2) is 60.9 Å². The number of amides is 1. The third kappa shape index (κ3) is 4.62. The molecule has 0 bridgehead atoms. The van der Waals surface area contributed by atoms with Gasteiger partial charge in [-0.1, -0.05) is 38.1 Å². The number of hydrogen-bond donors (Lipinski definition) is 1. The number of carbonyl (C=O) groups excluding carboxylic acids is 1. The van der Waals surface area contributed by atoms with Gasteiger partial charge in [-0.2, -0.15) is 5.10 Å². The normalized spacial score (nSPS) is 11.8. The SMILES string of the molecule is CCC(C)c1ccc(NC(=O)c2ccc(Cn3cc([N+](=O)[O-])cn3)cc2)cc1. The van der Waals surface area contributed by atoms with Crippen LogP contribution in [0.3, 0.4) is 0 Å². The lowest BCUT2D eigenvalue weighted by Gasteiger charge is -2.11. The molecule has 28 heavy (non-hydrogen) atoms. The van der Waals surface area contributed by atoms with Crippen LogP contribution >= 0.6 is 0 Å². The maximum Gasteiger partial charge on any atom is 0.307 e. The van der Waals surface area contributed by atoms with E-state index in [1.807, 2.05) is 36.4 Å². The smallest absolute Gasteiger partial charge is 0.307 e. The number of benzene rings is 2. The first-order valence-corrected chi connectivity index (χ1v) is 9.13. The highest BCUT2D eigenvalue weighted by molar-refractivity contribution is 6.04. The maximum absolute atomic E-state index is 12.4. The summed E-state index contributed by atoms with van der Waals surface area (Å²) in [6, 6.07) is 15.0. The summed E-state index contributed by atoms with van der Waals surface area (Å²) in [5.41, 5.74) is 3.40. The molecule has 0 aliphatic rings. The van der Waals surface area contributed by atoms with Gasteiger partial charge >= 0.3 is 5.69 Å². The fourth-order valence-corrected chi connectivity index (χ4v) is 2.82. The summed E-state index contributed by atoms with van der Waals surface area (Å²) < 4.78 is 1.49. The zero-order valence-electron chi connectivity index (χ0n) is 15.8. The van der Waals surface area contributed by atoms with E-state index in [1.54, 1.807) is 12.1 Å². The van der Waals surface area contributed by atoms with Crippen LogP contribution in [0.25, 0.3) is 0 Å². The van der Waals surface area contributed by atoms with E-state index in [1.165, 1.54) is 22.6 Å². The first-order chi connectivity index (χ1) is 13.5. The average Bonchev–Trinajstić information content (AvgIpc) is 3.17. The molecule has 1 aromatic heterocycles. The van der Waals surface area contributed by atoms with E-state index >= 15 is 0 Å². The minimum absolute atomic E-state index is 0.0460. The Morgan fingerprint density at radius 3 is 2.43 bits per heavy atom. The Labute approximate surface area is 163 Å². The minimum atomic E-state index is -0.480. The van der Waals surface area contributed by atoms with Crippen molar-refractivity contribution in [1.29, 1.82) is 0 Å². The van der Waals surface area contributed by atoms with E-state index in [0.29, 0.717) is 18.0 Å². The van der Waals surface area contributed by atoms with Crippen LogP contribution in [0, 0.1) is 10.1 Å². The molecule has 144 valence electrons. The summed E-state index contributed by atoms with van der Waals surface area (Å²) in [4.78, 5) is 22.7.